The van der Waals surface area contributed by atoms with Gasteiger partial charge in [0, 0.05) is 19.3 Å². The van der Waals surface area contributed by atoms with Gasteiger partial charge in [-0.3, -0.25) is 18.7 Å². The lowest BCUT2D eigenvalue weighted by atomic mass is 10.1. The molecule has 0 atom stereocenters. The standard InChI is InChI=1S/C23H27N5O3S/c1-13(2)11-28-20-19(22(30)27(4)23(28)31)21(25-14(3)24-20)32-12-18(29)26-17-9-8-15-6-5-7-16(15)10-17/h8-10,13H,5-7,11-12H2,1-4H3,(H,26,29). The summed E-state index contributed by atoms with van der Waals surface area (Å²) < 4.78 is 2.60. The summed E-state index contributed by atoms with van der Waals surface area (Å²) >= 11 is 1.18. The Labute approximate surface area is 190 Å². The van der Waals surface area contributed by atoms with Gasteiger partial charge in [-0.25, -0.2) is 14.8 Å². The molecular weight excluding hydrogens is 426 g/mol. The van der Waals surface area contributed by atoms with Gasteiger partial charge < -0.3 is 5.32 Å². The van der Waals surface area contributed by atoms with Gasteiger partial charge in [0.25, 0.3) is 5.56 Å². The van der Waals surface area contributed by atoms with Crippen LogP contribution in [-0.2, 0) is 31.2 Å². The van der Waals surface area contributed by atoms with Crippen molar-refractivity contribution in [2.24, 2.45) is 13.0 Å². The summed E-state index contributed by atoms with van der Waals surface area (Å²) in [5.74, 6) is 0.557. The number of benzene rings is 1. The fourth-order valence-electron chi connectivity index (χ4n) is 4.06. The maximum Gasteiger partial charge on any atom is 0.332 e. The largest absolute Gasteiger partial charge is 0.332 e. The third-order valence-corrected chi connectivity index (χ3v) is 6.51. The van der Waals surface area contributed by atoms with Gasteiger partial charge in [-0.2, -0.15) is 0 Å². The van der Waals surface area contributed by atoms with Crippen LogP contribution in [0.2, 0.25) is 0 Å². The van der Waals surface area contributed by atoms with E-state index in [1.807, 2.05) is 26.0 Å². The molecule has 2 heterocycles. The second kappa shape index (κ2) is 8.90. The first-order chi connectivity index (χ1) is 15.2. The van der Waals surface area contributed by atoms with E-state index in [1.165, 1.54) is 34.5 Å². The summed E-state index contributed by atoms with van der Waals surface area (Å²) in [5, 5.41) is 3.62. The minimum absolute atomic E-state index is 0.0924. The lowest BCUT2D eigenvalue weighted by Gasteiger charge is -2.15. The second-order valence-corrected chi connectivity index (χ2v) is 9.56. The zero-order chi connectivity index (χ0) is 23.0. The van der Waals surface area contributed by atoms with E-state index < -0.39 is 11.2 Å². The fourth-order valence-corrected chi connectivity index (χ4v) is 4.92. The highest BCUT2D eigenvalue weighted by atomic mass is 32.2. The van der Waals surface area contributed by atoms with Gasteiger partial charge in [0.1, 0.15) is 16.2 Å². The average molecular weight is 454 g/mol. The third-order valence-electron chi connectivity index (χ3n) is 5.53. The van der Waals surface area contributed by atoms with Crippen LogP contribution < -0.4 is 16.6 Å². The zero-order valence-corrected chi connectivity index (χ0v) is 19.6. The van der Waals surface area contributed by atoms with Gasteiger partial charge in [-0.05, 0) is 55.4 Å². The predicted molar refractivity (Wildman–Crippen MR) is 126 cm³/mol. The first-order valence-corrected chi connectivity index (χ1v) is 11.8. The molecule has 3 aromatic rings. The van der Waals surface area contributed by atoms with Crippen LogP contribution in [0.3, 0.4) is 0 Å². The fraction of sp³-hybridized carbons (Fsp3) is 0.435. The smallest absolute Gasteiger partial charge is 0.325 e. The highest BCUT2D eigenvalue weighted by Gasteiger charge is 2.19. The maximum atomic E-state index is 12.9. The Morgan fingerprint density at radius 2 is 1.94 bits per heavy atom. The van der Waals surface area contributed by atoms with Crippen molar-refractivity contribution in [3.63, 3.8) is 0 Å². The van der Waals surface area contributed by atoms with Crippen molar-refractivity contribution in [2.75, 3.05) is 11.1 Å². The Bertz CT molecular complexity index is 1330. The number of thioether (sulfide) groups is 1. The number of nitrogens with one attached hydrogen (secondary N) is 1. The number of aryl methyl sites for hydroxylation is 3. The van der Waals surface area contributed by atoms with E-state index in [2.05, 4.69) is 21.4 Å². The monoisotopic (exact) mass is 453 g/mol. The number of amides is 1. The Morgan fingerprint density at radius 3 is 2.69 bits per heavy atom. The number of fused-ring (bicyclic) bond motifs is 2. The Balaban J connectivity index is 1.63. The number of aromatic nitrogens is 4. The Hall–Kier alpha value is -2.94. The van der Waals surface area contributed by atoms with E-state index in [1.54, 1.807) is 6.92 Å². The molecule has 8 nitrogen and oxygen atoms in total. The SMILES string of the molecule is Cc1nc(SCC(=O)Nc2ccc3c(c2)CCC3)c2c(=O)n(C)c(=O)n(CC(C)C)c2n1. The molecular formula is C23H27N5O3S. The minimum atomic E-state index is -0.452. The maximum absolute atomic E-state index is 12.9. The van der Waals surface area contributed by atoms with Crippen molar-refractivity contribution in [1.82, 2.24) is 19.1 Å². The van der Waals surface area contributed by atoms with Crippen molar-refractivity contribution in [3.8, 4) is 0 Å². The van der Waals surface area contributed by atoms with Crippen molar-refractivity contribution >= 4 is 34.4 Å². The molecule has 0 bridgehead atoms. The normalized spacial score (nSPS) is 13.0. The Morgan fingerprint density at radius 1 is 1.19 bits per heavy atom. The van der Waals surface area contributed by atoms with Gasteiger partial charge in [0.2, 0.25) is 5.91 Å². The van der Waals surface area contributed by atoms with E-state index in [0.717, 1.165) is 29.5 Å². The number of carbonyl (C=O) groups is 1. The molecule has 4 rings (SSSR count). The summed E-state index contributed by atoms with van der Waals surface area (Å²) in [6.07, 6.45) is 3.29. The summed E-state index contributed by atoms with van der Waals surface area (Å²) in [6.45, 7) is 6.14. The van der Waals surface area contributed by atoms with Gasteiger partial charge in [0.15, 0.2) is 5.65 Å². The van der Waals surface area contributed by atoms with Crippen LogP contribution in [0.4, 0.5) is 5.69 Å². The molecule has 0 aliphatic heterocycles. The van der Waals surface area contributed by atoms with Gasteiger partial charge in [0.05, 0.1) is 5.75 Å². The lowest BCUT2D eigenvalue weighted by Crippen LogP contribution is -2.39. The van der Waals surface area contributed by atoms with Crippen LogP contribution in [0.5, 0.6) is 0 Å². The molecule has 9 heteroatoms. The molecule has 1 aliphatic carbocycles. The quantitative estimate of drug-likeness (QED) is 0.455. The van der Waals surface area contributed by atoms with E-state index in [-0.39, 0.29) is 23.0 Å². The molecule has 1 amide bonds. The minimum Gasteiger partial charge on any atom is -0.325 e. The molecule has 1 aromatic carbocycles. The van der Waals surface area contributed by atoms with Crippen LogP contribution >= 0.6 is 11.8 Å². The summed E-state index contributed by atoms with van der Waals surface area (Å²) in [5.41, 5.74) is 2.89. The highest BCUT2D eigenvalue weighted by molar-refractivity contribution is 8.00. The highest BCUT2D eigenvalue weighted by Crippen LogP contribution is 2.26. The average Bonchev–Trinajstić information content (AvgIpc) is 3.21. The van der Waals surface area contributed by atoms with E-state index in [0.29, 0.717) is 23.0 Å². The topological polar surface area (TPSA) is 98.9 Å². The number of carbonyl (C=O) groups excluding carboxylic acids is 1. The van der Waals surface area contributed by atoms with Crippen molar-refractivity contribution in [1.29, 1.82) is 0 Å². The molecule has 0 saturated carbocycles. The zero-order valence-electron chi connectivity index (χ0n) is 18.8. The summed E-state index contributed by atoms with van der Waals surface area (Å²) in [7, 11) is 1.45. The molecule has 168 valence electrons. The lowest BCUT2D eigenvalue weighted by molar-refractivity contribution is -0.113. The van der Waals surface area contributed by atoms with Crippen molar-refractivity contribution in [2.45, 2.75) is 51.6 Å². The molecule has 0 spiro atoms. The van der Waals surface area contributed by atoms with Crippen LogP contribution in [0.25, 0.3) is 11.0 Å². The van der Waals surface area contributed by atoms with Crippen LogP contribution in [0.15, 0.2) is 32.8 Å². The number of rotatable bonds is 6. The van der Waals surface area contributed by atoms with Crippen LogP contribution in [0.1, 0.15) is 37.2 Å². The number of hydrogen-bond acceptors (Lipinski definition) is 6. The van der Waals surface area contributed by atoms with Gasteiger partial charge in [-0.1, -0.05) is 31.7 Å². The van der Waals surface area contributed by atoms with E-state index in [4.69, 9.17) is 0 Å². The predicted octanol–water partition coefficient (Wildman–Crippen LogP) is 2.67. The van der Waals surface area contributed by atoms with Crippen LogP contribution in [0, 0.1) is 12.8 Å². The molecule has 0 unspecified atom stereocenters. The first kappa shape index (κ1) is 22.3. The molecule has 0 fully saturated rings. The van der Waals surface area contributed by atoms with Gasteiger partial charge >= 0.3 is 5.69 Å². The molecule has 1 aliphatic rings. The van der Waals surface area contributed by atoms with Crippen molar-refractivity contribution in [3.05, 3.63) is 56.0 Å². The van der Waals surface area contributed by atoms with E-state index in [9.17, 15) is 14.4 Å². The van der Waals surface area contributed by atoms with Crippen LogP contribution in [-0.4, -0.2) is 30.8 Å². The third kappa shape index (κ3) is 4.34. The number of anilines is 1. The summed E-state index contributed by atoms with van der Waals surface area (Å²) in [6, 6.07) is 6.04. The van der Waals surface area contributed by atoms with E-state index >= 15 is 0 Å². The molecule has 2 aromatic heterocycles. The Kier molecular flexibility index (Phi) is 6.19. The number of hydrogen-bond donors (Lipinski definition) is 1. The molecule has 0 radical (unpaired) electrons. The number of nitrogens with zero attached hydrogens (tertiary/aromatic N) is 4. The first-order valence-electron chi connectivity index (χ1n) is 10.8. The summed E-state index contributed by atoms with van der Waals surface area (Å²) in [4.78, 5) is 47.1. The molecule has 32 heavy (non-hydrogen) atoms. The molecule has 0 saturated heterocycles. The van der Waals surface area contributed by atoms with Gasteiger partial charge in [-0.15, -0.1) is 0 Å². The van der Waals surface area contributed by atoms with Crippen molar-refractivity contribution < 1.29 is 4.79 Å². The molecule has 1 N–H and O–H groups in total. The second-order valence-electron chi connectivity index (χ2n) is 8.60.